The molecule has 108 valence electrons. The third-order valence-corrected chi connectivity index (χ3v) is 5.45. The summed E-state index contributed by atoms with van der Waals surface area (Å²) in [7, 11) is 0. The summed E-state index contributed by atoms with van der Waals surface area (Å²) in [5, 5.41) is 13.0. The molecule has 0 aliphatic heterocycles. The van der Waals surface area contributed by atoms with Gasteiger partial charge in [-0.3, -0.25) is 0 Å². The van der Waals surface area contributed by atoms with E-state index in [4.69, 9.17) is 0 Å². The third kappa shape index (κ3) is 3.30. The van der Waals surface area contributed by atoms with Crippen LogP contribution in [0.1, 0.15) is 51.5 Å². The monoisotopic (exact) mass is 288 g/mol. The zero-order chi connectivity index (χ0) is 14.4. The van der Waals surface area contributed by atoms with Gasteiger partial charge in [0.15, 0.2) is 0 Å². The van der Waals surface area contributed by atoms with Crippen molar-refractivity contribution < 1.29 is 0 Å². The Morgan fingerprint density at radius 3 is 2.65 bits per heavy atom. The minimum Gasteiger partial charge on any atom is -0.383 e. The van der Waals surface area contributed by atoms with Crippen LogP contribution in [0.15, 0.2) is 23.1 Å². The number of nitrogens with one attached hydrogen (secondary N) is 1. The molecule has 0 atom stereocenters. The second kappa shape index (κ2) is 7.04. The number of rotatable bonds is 6. The molecule has 0 unspecified atom stereocenters. The zero-order valence-electron chi connectivity index (χ0n) is 12.5. The Labute approximate surface area is 127 Å². The minimum atomic E-state index is 0.445. The molecule has 1 fully saturated rings. The highest BCUT2D eigenvalue weighted by molar-refractivity contribution is 7.99. The highest BCUT2D eigenvalue weighted by Crippen LogP contribution is 2.41. The Morgan fingerprint density at radius 2 is 2.05 bits per heavy atom. The fourth-order valence-corrected chi connectivity index (χ4v) is 3.92. The van der Waals surface area contributed by atoms with Gasteiger partial charge in [-0.05, 0) is 42.6 Å². The van der Waals surface area contributed by atoms with Crippen molar-refractivity contribution in [3.05, 3.63) is 23.8 Å². The number of nitriles is 1. The second-order valence-corrected chi connectivity index (χ2v) is 6.94. The van der Waals surface area contributed by atoms with E-state index in [-0.39, 0.29) is 0 Å². The molecule has 0 spiro atoms. The lowest BCUT2D eigenvalue weighted by atomic mass is 9.83. The molecule has 1 aromatic rings. The molecule has 0 saturated heterocycles. The first-order valence-electron chi connectivity index (χ1n) is 7.64. The summed E-state index contributed by atoms with van der Waals surface area (Å²) in [4.78, 5) is 1.09. The van der Waals surface area contributed by atoms with E-state index in [1.165, 1.54) is 32.1 Å². The maximum absolute atomic E-state index is 9.44. The molecule has 1 aliphatic carbocycles. The van der Waals surface area contributed by atoms with Crippen molar-refractivity contribution in [2.75, 3.05) is 17.6 Å². The summed E-state index contributed by atoms with van der Waals surface area (Å²) >= 11 is 1.74. The number of anilines is 1. The predicted octanol–water partition coefficient (Wildman–Crippen LogP) is 5.05. The Balaban J connectivity index is 2.13. The largest absolute Gasteiger partial charge is 0.383 e. The summed E-state index contributed by atoms with van der Waals surface area (Å²) in [5.74, 6) is 0.997. The molecule has 1 saturated carbocycles. The van der Waals surface area contributed by atoms with Crippen molar-refractivity contribution in [1.29, 1.82) is 5.26 Å². The average Bonchev–Trinajstić information content (AvgIpc) is 2.95. The molecule has 0 radical (unpaired) electrons. The molecule has 0 aromatic heterocycles. The predicted molar refractivity (Wildman–Crippen MR) is 87.2 cm³/mol. The summed E-state index contributed by atoms with van der Waals surface area (Å²) < 4.78 is 0. The van der Waals surface area contributed by atoms with Crippen molar-refractivity contribution in [1.82, 2.24) is 0 Å². The summed E-state index contributed by atoms with van der Waals surface area (Å²) in [6.45, 7) is 5.41. The molecular weight excluding hydrogens is 264 g/mol. The maximum atomic E-state index is 9.44. The lowest BCUT2D eigenvalue weighted by molar-refractivity contribution is 0.307. The van der Waals surface area contributed by atoms with Crippen molar-refractivity contribution in [3.63, 3.8) is 0 Å². The van der Waals surface area contributed by atoms with Gasteiger partial charge in [-0.2, -0.15) is 5.26 Å². The molecule has 1 aliphatic rings. The number of thioether (sulfide) groups is 1. The van der Waals surface area contributed by atoms with Crippen LogP contribution < -0.4 is 5.32 Å². The lowest BCUT2D eigenvalue weighted by Gasteiger charge is -2.28. The lowest BCUT2D eigenvalue weighted by Crippen LogP contribution is -2.26. The van der Waals surface area contributed by atoms with E-state index in [0.717, 1.165) is 28.4 Å². The van der Waals surface area contributed by atoms with Crippen LogP contribution in [0.25, 0.3) is 0 Å². The topological polar surface area (TPSA) is 35.8 Å². The van der Waals surface area contributed by atoms with E-state index in [1.807, 2.05) is 12.1 Å². The van der Waals surface area contributed by atoms with Gasteiger partial charge in [0.25, 0.3) is 0 Å². The van der Waals surface area contributed by atoms with E-state index in [2.05, 4.69) is 31.3 Å². The molecule has 0 bridgehead atoms. The third-order valence-electron chi connectivity index (χ3n) is 4.51. The van der Waals surface area contributed by atoms with Gasteiger partial charge in [0, 0.05) is 11.4 Å². The van der Waals surface area contributed by atoms with Crippen LogP contribution in [0.5, 0.6) is 0 Å². The van der Waals surface area contributed by atoms with Crippen molar-refractivity contribution in [3.8, 4) is 6.07 Å². The van der Waals surface area contributed by atoms with Crippen LogP contribution >= 0.6 is 11.8 Å². The highest BCUT2D eigenvalue weighted by Gasteiger charge is 2.31. The van der Waals surface area contributed by atoms with Crippen LogP contribution in [0.4, 0.5) is 5.69 Å². The first-order valence-corrected chi connectivity index (χ1v) is 8.63. The summed E-state index contributed by atoms with van der Waals surface area (Å²) in [6.07, 6.45) is 6.58. The van der Waals surface area contributed by atoms with Crippen molar-refractivity contribution >= 4 is 17.4 Å². The average molecular weight is 288 g/mol. The van der Waals surface area contributed by atoms with E-state index in [9.17, 15) is 5.26 Å². The molecule has 1 aromatic carbocycles. The molecule has 1 N–H and O–H groups in total. The van der Waals surface area contributed by atoms with Gasteiger partial charge >= 0.3 is 0 Å². The maximum Gasteiger partial charge on any atom is 0.102 e. The number of nitrogens with zero attached hydrogens (tertiary/aromatic N) is 1. The van der Waals surface area contributed by atoms with Gasteiger partial charge in [0.1, 0.15) is 6.07 Å². The van der Waals surface area contributed by atoms with E-state index >= 15 is 0 Å². The van der Waals surface area contributed by atoms with Gasteiger partial charge in [-0.1, -0.05) is 32.8 Å². The number of hydrogen-bond acceptors (Lipinski definition) is 3. The molecule has 3 heteroatoms. The fraction of sp³-hybridized carbons (Fsp3) is 0.588. The SMILES string of the molecule is CCSc1cccc(NCC2(CC)CCCC2)c1C#N. The molecule has 2 rings (SSSR count). The van der Waals surface area contributed by atoms with Gasteiger partial charge < -0.3 is 5.32 Å². The second-order valence-electron chi connectivity index (χ2n) is 5.64. The van der Waals surface area contributed by atoms with Crippen LogP contribution in [0.3, 0.4) is 0 Å². The van der Waals surface area contributed by atoms with E-state index < -0.39 is 0 Å². The Bertz CT molecular complexity index is 484. The molecule has 20 heavy (non-hydrogen) atoms. The van der Waals surface area contributed by atoms with Gasteiger partial charge in [0.05, 0.1) is 11.3 Å². The minimum absolute atomic E-state index is 0.445. The van der Waals surface area contributed by atoms with Crippen molar-refractivity contribution in [2.45, 2.75) is 50.8 Å². The van der Waals surface area contributed by atoms with Crippen LogP contribution in [0, 0.1) is 16.7 Å². The Kier molecular flexibility index (Phi) is 5.37. The zero-order valence-corrected chi connectivity index (χ0v) is 13.4. The standard InChI is InChI=1S/C17H24N2S/c1-3-17(10-5-6-11-17)13-19-15-8-7-9-16(20-4-2)14(15)12-18/h7-9,19H,3-6,10-11,13H2,1-2H3. The van der Waals surface area contributed by atoms with E-state index in [0.29, 0.717) is 5.41 Å². The van der Waals surface area contributed by atoms with E-state index in [1.54, 1.807) is 11.8 Å². The van der Waals surface area contributed by atoms with Crippen molar-refractivity contribution in [2.24, 2.45) is 5.41 Å². The normalized spacial score (nSPS) is 16.9. The number of benzene rings is 1. The Hall–Kier alpha value is -1.14. The fourth-order valence-electron chi connectivity index (χ4n) is 3.13. The summed E-state index contributed by atoms with van der Waals surface area (Å²) in [6, 6.07) is 8.50. The summed E-state index contributed by atoms with van der Waals surface area (Å²) in [5.41, 5.74) is 2.26. The first kappa shape index (κ1) is 15.3. The number of hydrogen-bond donors (Lipinski definition) is 1. The highest BCUT2D eigenvalue weighted by atomic mass is 32.2. The molecular formula is C17H24N2S. The molecule has 0 amide bonds. The van der Waals surface area contributed by atoms with Gasteiger partial charge in [-0.15, -0.1) is 11.8 Å². The first-order chi connectivity index (χ1) is 9.74. The van der Waals surface area contributed by atoms with Crippen LogP contribution in [-0.4, -0.2) is 12.3 Å². The van der Waals surface area contributed by atoms with Gasteiger partial charge in [-0.25, -0.2) is 0 Å². The molecule has 0 heterocycles. The van der Waals surface area contributed by atoms with Crippen LogP contribution in [-0.2, 0) is 0 Å². The molecule has 2 nitrogen and oxygen atoms in total. The van der Waals surface area contributed by atoms with Gasteiger partial charge in [0.2, 0.25) is 0 Å². The Morgan fingerprint density at radius 1 is 1.30 bits per heavy atom. The smallest absolute Gasteiger partial charge is 0.102 e. The van der Waals surface area contributed by atoms with Crippen LogP contribution in [0.2, 0.25) is 0 Å². The quantitative estimate of drug-likeness (QED) is 0.744.